The van der Waals surface area contributed by atoms with Crippen molar-refractivity contribution in [2.45, 2.75) is 12.5 Å². The molecule has 2 N–H and O–H groups in total. The molecule has 0 amide bonds. The second-order valence-corrected chi connectivity index (χ2v) is 3.10. The average molecular weight is 215 g/mol. The minimum absolute atomic E-state index is 0.120. The predicted molar refractivity (Wildman–Crippen MR) is 53.2 cm³/mol. The summed E-state index contributed by atoms with van der Waals surface area (Å²) in [6.45, 7) is 0. The van der Waals surface area contributed by atoms with Gasteiger partial charge in [-0.1, -0.05) is 18.2 Å². The number of nitrogens with one attached hydrogen (secondary N) is 1. The summed E-state index contributed by atoms with van der Waals surface area (Å²) in [5.74, 6) is -0.388. The monoisotopic (exact) mass is 215 g/mol. The van der Waals surface area contributed by atoms with E-state index < -0.39 is 6.04 Å². The van der Waals surface area contributed by atoms with Gasteiger partial charge in [0.05, 0.1) is 18.3 Å². The number of aldehydes is 1. The van der Waals surface area contributed by atoms with Gasteiger partial charge in [-0.2, -0.15) is 0 Å². The molecule has 3 nitrogen and oxygen atoms in total. The van der Waals surface area contributed by atoms with E-state index >= 15 is 0 Å². The van der Waals surface area contributed by atoms with Gasteiger partial charge in [-0.05, 0) is 6.07 Å². The van der Waals surface area contributed by atoms with Gasteiger partial charge in [0.15, 0.2) is 0 Å². The third kappa shape index (κ3) is 2.80. The van der Waals surface area contributed by atoms with E-state index in [-0.39, 0.29) is 12.2 Å². The zero-order chi connectivity index (χ0) is 10.4. The van der Waals surface area contributed by atoms with E-state index in [2.05, 4.69) is 4.72 Å². The molecule has 0 heterocycles. The highest BCUT2D eigenvalue weighted by Crippen LogP contribution is 2.20. The van der Waals surface area contributed by atoms with E-state index in [0.717, 1.165) is 0 Å². The summed E-state index contributed by atoms with van der Waals surface area (Å²) in [4.78, 5) is 10.3. The molecule has 0 fully saturated rings. The first kappa shape index (κ1) is 11.2. The molecular formula is C9H10FNO2S. The second kappa shape index (κ2) is 5.74. The van der Waals surface area contributed by atoms with Crippen molar-refractivity contribution in [1.82, 2.24) is 4.72 Å². The van der Waals surface area contributed by atoms with E-state index in [0.29, 0.717) is 24.1 Å². The van der Waals surface area contributed by atoms with Crippen LogP contribution >= 0.6 is 12.2 Å². The van der Waals surface area contributed by atoms with Gasteiger partial charge in [0.1, 0.15) is 12.1 Å². The SMILES string of the molecule is O=CCC(NSO)c1ccccc1F. The van der Waals surface area contributed by atoms with Crippen LogP contribution in [0.4, 0.5) is 4.39 Å². The molecule has 0 saturated carbocycles. The van der Waals surface area contributed by atoms with Crippen LogP contribution in [0.15, 0.2) is 24.3 Å². The highest BCUT2D eigenvalue weighted by atomic mass is 32.2. The fourth-order valence-corrected chi connectivity index (χ4v) is 1.51. The van der Waals surface area contributed by atoms with Crippen LogP contribution in [0.25, 0.3) is 0 Å². The summed E-state index contributed by atoms with van der Waals surface area (Å²) < 4.78 is 24.4. The fourth-order valence-electron chi connectivity index (χ4n) is 1.16. The van der Waals surface area contributed by atoms with Crippen molar-refractivity contribution >= 4 is 18.5 Å². The Morgan fingerprint density at radius 2 is 2.29 bits per heavy atom. The number of carbonyl (C=O) groups excluding carboxylic acids is 1. The number of hydrogen-bond donors (Lipinski definition) is 2. The average Bonchev–Trinajstić information content (AvgIpc) is 2.18. The number of halogens is 1. The van der Waals surface area contributed by atoms with E-state index in [1.54, 1.807) is 18.2 Å². The smallest absolute Gasteiger partial charge is 0.128 e. The van der Waals surface area contributed by atoms with Gasteiger partial charge in [-0.25, -0.2) is 9.11 Å². The lowest BCUT2D eigenvalue weighted by Crippen LogP contribution is -2.15. The molecule has 0 saturated heterocycles. The van der Waals surface area contributed by atoms with Crippen molar-refractivity contribution in [3.05, 3.63) is 35.6 Å². The second-order valence-electron chi connectivity index (χ2n) is 2.69. The Morgan fingerprint density at radius 3 is 2.86 bits per heavy atom. The maximum atomic E-state index is 13.2. The molecule has 0 aliphatic carbocycles. The Balaban J connectivity index is 2.86. The largest absolute Gasteiger partial charge is 0.317 e. The predicted octanol–water partition coefficient (Wildman–Crippen LogP) is 2.17. The zero-order valence-electron chi connectivity index (χ0n) is 7.31. The number of benzene rings is 1. The van der Waals surface area contributed by atoms with Crippen LogP contribution in [0.1, 0.15) is 18.0 Å². The van der Waals surface area contributed by atoms with Gasteiger partial charge in [0.25, 0.3) is 0 Å². The molecule has 1 unspecified atom stereocenters. The maximum Gasteiger partial charge on any atom is 0.128 e. The van der Waals surface area contributed by atoms with Gasteiger partial charge in [-0.3, -0.25) is 0 Å². The van der Waals surface area contributed by atoms with Crippen LogP contribution in [-0.4, -0.2) is 10.8 Å². The lowest BCUT2D eigenvalue weighted by molar-refractivity contribution is -0.108. The summed E-state index contributed by atoms with van der Waals surface area (Å²) in [7, 11) is 0. The molecule has 0 aromatic heterocycles. The molecule has 0 aliphatic heterocycles. The van der Waals surface area contributed by atoms with Crippen molar-refractivity contribution in [1.29, 1.82) is 0 Å². The van der Waals surface area contributed by atoms with Crippen LogP contribution in [0, 0.1) is 5.82 Å². The first-order valence-corrected chi connectivity index (χ1v) is 4.81. The standard InChI is InChI=1S/C9H10FNO2S/c10-8-4-2-1-3-7(8)9(5-6-12)11-14-13/h1-4,6,9,11,13H,5H2. The molecule has 0 spiro atoms. The molecule has 1 rings (SSSR count). The van der Waals surface area contributed by atoms with E-state index in [1.807, 2.05) is 0 Å². The summed E-state index contributed by atoms with van der Waals surface area (Å²) in [5.41, 5.74) is 0.376. The molecule has 0 radical (unpaired) electrons. The highest BCUT2D eigenvalue weighted by molar-refractivity contribution is 7.91. The molecule has 1 aromatic carbocycles. The summed E-state index contributed by atoms with van der Waals surface area (Å²) in [6, 6.07) is 5.65. The van der Waals surface area contributed by atoms with Gasteiger partial charge in [0, 0.05) is 12.0 Å². The Hall–Kier alpha value is -0.910. The van der Waals surface area contributed by atoms with Crippen LogP contribution in [0.3, 0.4) is 0 Å². The molecule has 0 aliphatic rings. The molecular weight excluding hydrogens is 205 g/mol. The Labute approximate surface area is 85.7 Å². The van der Waals surface area contributed by atoms with Gasteiger partial charge in [0.2, 0.25) is 0 Å². The lowest BCUT2D eigenvalue weighted by Gasteiger charge is -2.14. The molecule has 14 heavy (non-hydrogen) atoms. The quantitative estimate of drug-likeness (QED) is 0.449. The Kier molecular flexibility index (Phi) is 4.58. The van der Waals surface area contributed by atoms with Gasteiger partial charge in [-0.15, -0.1) is 0 Å². The third-order valence-electron chi connectivity index (χ3n) is 1.81. The Bertz CT molecular complexity index is 309. The first-order valence-electron chi connectivity index (χ1n) is 4.03. The zero-order valence-corrected chi connectivity index (χ0v) is 8.13. The van der Waals surface area contributed by atoms with Crippen molar-refractivity contribution in [2.75, 3.05) is 0 Å². The third-order valence-corrected chi connectivity index (χ3v) is 2.20. The molecule has 0 bridgehead atoms. The van der Waals surface area contributed by atoms with Gasteiger partial charge < -0.3 is 9.35 Å². The first-order chi connectivity index (χ1) is 6.79. The lowest BCUT2D eigenvalue weighted by atomic mass is 10.1. The van der Waals surface area contributed by atoms with Crippen molar-refractivity contribution < 1.29 is 13.7 Å². The summed E-state index contributed by atoms with van der Waals surface area (Å²) >= 11 is 0.378. The highest BCUT2D eigenvalue weighted by Gasteiger charge is 2.14. The fraction of sp³-hybridized carbons (Fsp3) is 0.222. The minimum atomic E-state index is -0.497. The van der Waals surface area contributed by atoms with Crippen molar-refractivity contribution in [3.8, 4) is 0 Å². The summed E-state index contributed by atoms with van der Waals surface area (Å²) in [6.07, 6.45) is 0.800. The number of rotatable bonds is 5. The van der Waals surface area contributed by atoms with Crippen molar-refractivity contribution in [2.24, 2.45) is 0 Å². The van der Waals surface area contributed by atoms with Crippen LogP contribution in [0.5, 0.6) is 0 Å². The van der Waals surface area contributed by atoms with Crippen LogP contribution in [-0.2, 0) is 4.79 Å². The van der Waals surface area contributed by atoms with E-state index in [9.17, 15) is 9.18 Å². The number of hydrogen-bond acceptors (Lipinski definition) is 4. The number of carbonyl (C=O) groups is 1. The summed E-state index contributed by atoms with van der Waals surface area (Å²) in [5, 5.41) is 0. The Morgan fingerprint density at radius 1 is 1.57 bits per heavy atom. The molecule has 1 atom stereocenters. The van der Waals surface area contributed by atoms with Crippen molar-refractivity contribution in [3.63, 3.8) is 0 Å². The maximum absolute atomic E-state index is 13.2. The minimum Gasteiger partial charge on any atom is -0.317 e. The topological polar surface area (TPSA) is 49.3 Å². The molecule has 76 valence electrons. The molecule has 5 heteroatoms. The van der Waals surface area contributed by atoms with E-state index in [4.69, 9.17) is 4.55 Å². The van der Waals surface area contributed by atoms with Crippen LogP contribution in [0.2, 0.25) is 0 Å². The molecule has 1 aromatic rings. The van der Waals surface area contributed by atoms with E-state index in [1.165, 1.54) is 6.07 Å². The van der Waals surface area contributed by atoms with Crippen LogP contribution < -0.4 is 4.72 Å². The normalized spacial score (nSPS) is 12.4. The van der Waals surface area contributed by atoms with Gasteiger partial charge >= 0.3 is 0 Å².